The molecule has 1 rings (SSSR count). The van der Waals surface area contributed by atoms with Crippen molar-refractivity contribution < 1.29 is 9.53 Å². The number of esters is 1. The Bertz CT molecular complexity index is 381. The number of anilines is 2. The lowest BCUT2D eigenvalue weighted by Crippen LogP contribution is -2.27. The number of ether oxygens (including phenoxy) is 1. The van der Waals surface area contributed by atoms with Crippen molar-refractivity contribution in [2.75, 3.05) is 24.8 Å². The molecule has 0 fully saturated rings. The Morgan fingerprint density at radius 1 is 1.50 bits per heavy atom. The van der Waals surface area contributed by atoms with Crippen molar-refractivity contribution in [3.63, 3.8) is 0 Å². The van der Waals surface area contributed by atoms with Crippen LogP contribution in [-0.2, 0) is 9.53 Å². The average molecular weight is 224 g/mol. The van der Waals surface area contributed by atoms with E-state index in [4.69, 9.17) is 0 Å². The van der Waals surface area contributed by atoms with E-state index in [2.05, 4.69) is 25.3 Å². The molecule has 0 saturated carbocycles. The summed E-state index contributed by atoms with van der Waals surface area (Å²) < 4.78 is 4.61. The highest BCUT2D eigenvalue weighted by atomic mass is 16.5. The van der Waals surface area contributed by atoms with Crippen molar-refractivity contribution in [3.8, 4) is 0 Å². The van der Waals surface area contributed by atoms with E-state index < -0.39 is 6.04 Å². The predicted octanol–water partition coefficient (Wildman–Crippen LogP) is 0.800. The molecule has 0 saturated heterocycles. The van der Waals surface area contributed by atoms with E-state index in [9.17, 15) is 4.79 Å². The lowest BCUT2D eigenvalue weighted by atomic mass is 10.3. The van der Waals surface area contributed by atoms with Crippen LogP contribution in [0.3, 0.4) is 0 Å². The van der Waals surface area contributed by atoms with Gasteiger partial charge in [0.1, 0.15) is 11.9 Å². The van der Waals surface area contributed by atoms with Crippen LogP contribution in [0.2, 0.25) is 0 Å². The van der Waals surface area contributed by atoms with E-state index in [1.165, 1.54) is 7.11 Å². The van der Waals surface area contributed by atoms with Gasteiger partial charge in [0.15, 0.2) is 0 Å². The predicted molar refractivity (Wildman–Crippen MR) is 61.4 cm³/mol. The summed E-state index contributed by atoms with van der Waals surface area (Å²) in [6.45, 7) is 3.57. The quantitative estimate of drug-likeness (QED) is 0.737. The minimum atomic E-state index is -0.441. The molecule has 6 heteroatoms. The second-order valence-corrected chi connectivity index (χ2v) is 3.36. The lowest BCUT2D eigenvalue weighted by molar-refractivity contribution is -0.141. The summed E-state index contributed by atoms with van der Waals surface area (Å²) in [7, 11) is 3.09. The number of carbonyl (C=O) groups is 1. The Hall–Kier alpha value is -1.85. The molecular formula is C10H16N4O2. The molecule has 0 spiro atoms. The van der Waals surface area contributed by atoms with Gasteiger partial charge in [-0.15, -0.1) is 0 Å². The molecule has 0 amide bonds. The van der Waals surface area contributed by atoms with Gasteiger partial charge < -0.3 is 15.4 Å². The van der Waals surface area contributed by atoms with Crippen LogP contribution >= 0.6 is 0 Å². The lowest BCUT2D eigenvalue weighted by Gasteiger charge is -2.13. The summed E-state index contributed by atoms with van der Waals surface area (Å²) in [5.41, 5.74) is 0.818. The summed E-state index contributed by atoms with van der Waals surface area (Å²) in [4.78, 5) is 19.5. The standard InChI is InChI=1S/C10H16N4O2/c1-6-5-8(14-10(11-3)12-6)13-7(2)9(15)16-4/h5,7H,1-4H3,(H2,11,12,13,14). The van der Waals surface area contributed by atoms with Crippen LogP contribution < -0.4 is 10.6 Å². The molecule has 88 valence electrons. The second kappa shape index (κ2) is 5.29. The molecule has 1 aromatic heterocycles. The zero-order valence-electron chi connectivity index (χ0n) is 9.87. The Balaban J connectivity index is 2.80. The highest BCUT2D eigenvalue weighted by Crippen LogP contribution is 2.10. The van der Waals surface area contributed by atoms with Gasteiger partial charge in [-0.2, -0.15) is 4.98 Å². The van der Waals surface area contributed by atoms with E-state index >= 15 is 0 Å². The Labute approximate surface area is 94.4 Å². The van der Waals surface area contributed by atoms with Gasteiger partial charge in [-0.1, -0.05) is 0 Å². The monoisotopic (exact) mass is 224 g/mol. The summed E-state index contributed by atoms with van der Waals surface area (Å²) in [6.07, 6.45) is 0. The molecule has 0 radical (unpaired) electrons. The number of nitrogens with one attached hydrogen (secondary N) is 2. The summed E-state index contributed by atoms with van der Waals surface area (Å²) in [5, 5.41) is 5.79. The maximum atomic E-state index is 11.2. The maximum Gasteiger partial charge on any atom is 0.328 e. The molecule has 0 aliphatic heterocycles. The zero-order valence-corrected chi connectivity index (χ0v) is 9.87. The summed E-state index contributed by atoms with van der Waals surface area (Å²) >= 11 is 0. The van der Waals surface area contributed by atoms with Gasteiger partial charge >= 0.3 is 5.97 Å². The first-order valence-electron chi connectivity index (χ1n) is 4.94. The van der Waals surface area contributed by atoms with E-state index in [1.54, 1.807) is 20.0 Å². The van der Waals surface area contributed by atoms with Gasteiger partial charge in [-0.3, -0.25) is 0 Å². The summed E-state index contributed by atoms with van der Waals surface area (Å²) in [6, 6.07) is 1.32. The molecule has 1 atom stereocenters. The van der Waals surface area contributed by atoms with Crippen molar-refractivity contribution in [2.45, 2.75) is 19.9 Å². The molecular weight excluding hydrogens is 208 g/mol. The number of hydrogen-bond acceptors (Lipinski definition) is 6. The van der Waals surface area contributed by atoms with Crippen molar-refractivity contribution in [2.24, 2.45) is 0 Å². The van der Waals surface area contributed by atoms with E-state index in [-0.39, 0.29) is 5.97 Å². The van der Waals surface area contributed by atoms with Crippen LogP contribution in [0.1, 0.15) is 12.6 Å². The van der Waals surface area contributed by atoms with E-state index in [0.29, 0.717) is 11.8 Å². The average Bonchev–Trinajstić information content (AvgIpc) is 2.26. The van der Waals surface area contributed by atoms with E-state index in [1.807, 2.05) is 6.92 Å². The SMILES string of the molecule is CNc1nc(C)cc(NC(C)C(=O)OC)n1. The van der Waals surface area contributed by atoms with Gasteiger partial charge in [0, 0.05) is 18.8 Å². The number of rotatable bonds is 4. The normalized spacial score (nSPS) is 11.8. The van der Waals surface area contributed by atoms with Crippen LogP contribution in [0.15, 0.2) is 6.07 Å². The van der Waals surface area contributed by atoms with Gasteiger partial charge in [0.2, 0.25) is 5.95 Å². The molecule has 6 nitrogen and oxygen atoms in total. The fourth-order valence-electron chi connectivity index (χ4n) is 1.21. The third kappa shape index (κ3) is 3.08. The van der Waals surface area contributed by atoms with Gasteiger partial charge in [0.05, 0.1) is 7.11 Å². The maximum absolute atomic E-state index is 11.2. The van der Waals surface area contributed by atoms with Crippen molar-refractivity contribution in [1.82, 2.24) is 9.97 Å². The Morgan fingerprint density at radius 2 is 2.19 bits per heavy atom. The molecule has 1 heterocycles. The van der Waals surface area contributed by atoms with Crippen LogP contribution in [0, 0.1) is 6.92 Å². The molecule has 1 aromatic rings. The number of hydrogen-bond donors (Lipinski definition) is 2. The first kappa shape index (κ1) is 12.2. The van der Waals surface area contributed by atoms with Gasteiger partial charge in [-0.25, -0.2) is 9.78 Å². The second-order valence-electron chi connectivity index (χ2n) is 3.36. The first-order chi connectivity index (χ1) is 7.56. The van der Waals surface area contributed by atoms with Crippen molar-refractivity contribution in [1.29, 1.82) is 0 Å². The fraction of sp³-hybridized carbons (Fsp3) is 0.500. The van der Waals surface area contributed by atoms with Crippen LogP contribution in [0.25, 0.3) is 0 Å². The van der Waals surface area contributed by atoms with E-state index in [0.717, 1.165) is 5.69 Å². The number of nitrogens with zero attached hydrogens (tertiary/aromatic N) is 2. The number of carbonyl (C=O) groups excluding carboxylic acids is 1. The third-order valence-electron chi connectivity index (χ3n) is 2.00. The minimum Gasteiger partial charge on any atom is -0.467 e. The molecule has 16 heavy (non-hydrogen) atoms. The van der Waals surface area contributed by atoms with Crippen molar-refractivity contribution >= 4 is 17.7 Å². The molecule has 0 aliphatic carbocycles. The highest BCUT2D eigenvalue weighted by Gasteiger charge is 2.13. The zero-order chi connectivity index (χ0) is 12.1. The first-order valence-corrected chi connectivity index (χ1v) is 4.94. The summed E-state index contributed by atoms with van der Waals surface area (Å²) in [5.74, 6) is 0.775. The number of methoxy groups -OCH3 is 1. The highest BCUT2D eigenvalue weighted by molar-refractivity contribution is 5.78. The molecule has 1 unspecified atom stereocenters. The van der Waals surface area contributed by atoms with Gasteiger partial charge in [-0.05, 0) is 13.8 Å². The smallest absolute Gasteiger partial charge is 0.328 e. The largest absolute Gasteiger partial charge is 0.467 e. The molecule has 2 N–H and O–H groups in total. The number of aromatic nitrogens is 2. The Kier molecular flexibility index (Phi) is 4.04. The molecule has 0 aliphatic rings. The van der Waals surface area contributed by atoms with Gasteiger partial charge in [0.25, 0.3) is 0 Å². The van der Waals surface area contributed by atoms with Crippen molar-refractivity contribution in [3.05, 3.63) is 11.8 Å². The Morgan fingerprint density at radius 3 is 2.75 bits per heavy atom. The molecule has 0 bridgehead atoms. The third-order valence-corrected chi connectivity index (χ3v) is 2.00. The number of aryl methyl sites for hydroxylation is 1. The fourth-order valence-corrected chi connectivity index (χ4v) is 1.21. The van der Waals surface area contributed by atoms with Crippen LogP contribution in [0.4, 0.5) is 11.8 Å². The van der Waals surface area contributed by atoms with Crippen LogP contribution in [0.5, 0.6) is 0 Å². The van der Waals surface area contributed by atoms with Crippen LogP contribution in [-0.4, -0.2) is 36.1 Å². The molecule has 0 aromatic carbocycles. The topological polar surface area (TPSA) is 76.1 Å². The minimum absolute atomic E-state index is 0.331.